The van der Waals surface area contributed by atoms with Gasteiger partial charge in [0.05, 0.1) is 0 Å². The molecule has 0 atom stereocenters. The number of allylic oxidation sites excluding steroid dienone is 1. The van der Waals surface area contributed by atoms with Crippen LogP contribution in [-0.4, -0.2) is 40.7 Å². The van der Waals surface area contributed by atoms with Crippen molar-refractivity contribution in [3.8, 4) is 0 Å². The minimum atomic E-state index is -3.75. The molecule has 24 heavy (non-hydrogen) atoms. The summed E-state index contributed by atoms with van der Waals surface area (Å²) in [5, 5.41) is 0. The molecule has 0 aliphatic carbocycles. The van der Waals surface area contributed by atoms with E-state index in [1.54, 1.807) is 27.7 Å². The predicted molar refractivity (Wildman–Crippen MR) is 93.1 cm³/mol. The number of ether oxygens (including phenoxy) is 1. The van der Waals surface area contributed by atoms with Gasteiger partial charge in [0, 0.05) is 0 Å². The summed E-state index contributed by atoms with van der Waals surface area (Å²) < 4.78 is 34.6. The van der Waals surface area contributed by atoms with E-state index in [4.69, 9.17) is 18.3 Å². The third-order valence-corrected chi connectivity index (χ3v) is 6.66. The van der Waals surface area contributed by atoms with Crippen molar-refractivity contribution in [3.05, 3.63) is 40.6 Å². The molecular formula is C16H23O6PSe. The Morgan fingerprint density at radius 3 is 2.12 bits per heavy atom. The topological polar surface area (TPSA) is 71.1 Å². The summed E-state index contributed by atoms with van der Waals surface area (Å²) in [6.45, 7) is 7.26. The van der Waals surface area contributed by atoms with Crippen molar-refractivity contribution in [2.24, 2.45) is 0 Å². The van der Waals surface area contributed by atoms with Gasteiger partial charge in [-0.25, -0.2) is 0 Å². The van der Waals surface area contributed by atoms with Crippen LogP contribution in [0.15, 0.2) is 40.6 Å². The average Bonchev–Trinajstić information content (AvgIpc) is 2.53. The molecule has 0 fully saturated rings. The minimum absolute atomic E-state index is 0.170. The molecule has 0 N–H and O–H groups in total. The van der Waals surface area contributed by atoms with Crippen molar-refractivity contribution in [2.45, 2.75) is 27.7 Å². The fourth-order valence-electron chi connectivity index (χ4n) is 1.68. The fraction of sp³-hybridized carbons (Fsp3) is 0.438. The van der Waals surface area contributed by atoms with E-state index in [1.165, 1.54) is 0 Å². The fourth-order valence-corrected chi connectivity index (χ4v) is 4.85. The molecule has 1 aromatic carbocycles. The zero-order valence-corrected chi connectivity index (χ0v) is 16.9. The summed E-state index contributed by atoms with van der Waals surface area (Å²) in [7, 11) is -3.75. The molecule has 0 saturated heterocycles. The van der Waals surface area contributed by atoms with E-state index < -0.39 is 13.8 Å². The van der Waals surface area contributed by atoms with E-state index in [-0.39, 0.29) is 40.5 Å². The molecule has 0 aromatic heterocycles. The van der Waals surface area contributed by atoms with E-state index in [2.05, 4.69) is 0 Å². The van der Waals surface area contributed by atoms with Crippen LogP contribution in [-0.2, 0) is 27.7 Å². The van der Waals surface area contributed by atoms with E-state index in [0.717, 1.165) is 4.46 Å². The number of carbonyl (C=O) groups excluding carboxylic acids is 1. The third-order valence-electron chi connectivity index (χ3n) is 2.57. The van der Waals surface area contributed by atoms with Gasteiger partial charge in [-0.15, -0.1) is 0 Å². The quantitative estimate of drug-likeness (QED) is 0.190. The van der Waals surface area contributed by atoms with Crippen LogP contribution in [0.3, 0.4) is 0 Å². The molecule has 8 heteroatoms. The molecule has 0 bridgehead atoms. The maximum atomic E-state index is 12.5. The maximum absolute atomic E-state index is 12.5. The summed E-state index contributed by atoms with van der Waals surface area (Å²) in [6, 6.07) is 9.51. The first-order chi connectivity index (χ1) is 11.5. The molecule has 0 amide bonds. The molecule has 0 heterocycles. The Morgan fingerprint density at radius 2 is 1.62 bits per heavy atom. The Bertz CT molecular complexity index is 592. The Kier molecular flexibility index (Phi) is 9.34. The van der Waals surface area contributed by atoms with Crippen molar-refractivity contribution in [1.82, 2.24) is 0 Å². The molecule has 134 valence electrons. The number of rotatable bonds is 10. The zero-order valence-electron chi connectivity index (χ0n) is 14.3. The number of phosphoric acid groups is 1. The van der Waals surface area contributed by atoms with Gasteiger partial charge in [-0.3, -0.25) is 0 Å². The molecule has 0 aliphatic heterocycles. The first kappa shape index (κ1) is 20.9. The normalized spacial score (nSPS) is 12.5. The van der Waals surface area contributed by atoms with Gasteiger partial charge >= 0.3 is 149 Å². The molecule has 0 unspecified atom stereocenters. The molecule has 1 rings (SSSR count). The molecule has 6 nitrogen and oxygen atoms in total. The van der Waals surface area contributed by atoms with Gasteiger partial charge in [0.1, 0.15) is 0 Å². The second-order valence-corrected chi connectivity index (χ2v) is 8.26. The number of benzene rings is 1. The molecule has 0 aliphatic rings. The third kappa shape index (κ3) is 6.79. The predicted octanol–water partition coefficient (Wildman–Crippen LogP) is 3.01. The molecule has 1 aromatic rings. The molecule has 0 spiro atoms. The van der Waals surface area contributed by atoms with Gasteiger partial charge in [-0.1, -0.05) is 0 Å². The second kappa shape index (κ2) is 10.7. The number of phosphoric ester groups is 1. The molecular weight excluding hydrogens is 398 g/mol. The standard InChI is InChI=1S/C16H23O6PSe/c1-5-19-16(17)15(24-14-11-9-8-10-12-14)13(4)22-23(18,20-6-2)21-7-3/h8-12H,5-7H2,1-4H3/b15-13+. The van der Waals surface area contributed by atoms with E-state index in [0.29, 0.717) is 4.47 Å². The first-order valence-electron chi connectivity index (χ1n) is 7.65. The van der Waals surface area contributed by atoms with Crippen molar-refractivity contribution in [3.63, 3.8) is 0 Å². The second-order valence-electron chi connectivity index (χ2n) is 4.39. The summed E-state index contributed by atoms with van der Waals surface area (Å²) in [5.41, 5.74) is 0. The first-order valence-corrected chi connectivity index (χ1v) is 10.8. The summed E-state index contributed by atoms with van der Waals surface area (Å²) >= 11 is -0.360. The SMILES string of the molecule is CCOC(=O)/C([Se]c1ccccc1)=C(/C)OP(=O)(OCC)OCC. The number of carbonyl (C=O) groups is 1. The van der Waals surface area contributed by atoms with E-state index in [9.17, 15) is 9.36 Å². The average molecular weight is 421 g/mol. The van der Waals surface area contributed by atoms with Crippen LogP contribution in [0, 0.1) is 0 Å². The Morgan fingerprint density at radius 1 is 1.04 bits per heavy atom. The Labute approximate surface area is 149 Å². The number of hydrogen-bond acceptors (Lipinski definition) is 6. The number of esters is 1. The van der Waals surface area contributed by atoms with Crippen LogP contribution in [0.1, 0.15) is 27.7 Å². The van der Waals surface area contributed by atoms with Crippen LogP contribution in [0.4, 0.5) is 0 Å². The van der Waals surface area contributed by atoms with Crippen LogP contribution in [0.5, 0.6) is 0 Å². The van der Waals surface area contributed by atoms with Gasteiger partial charge in [-0.05, 0) is 0 Å². The van der Waals surface area contributed by atoms with Crippen molar-refractivity contribution < 1.29 is 27.7 Å². The van der Waals surface area contributed by atoms with Gasteiger partial charge < -0.3 is 0 Å². The summed E-state index contributed by atoms with van der Waals surface area (Å²) in [6.07, 6.45) is 0. The van der Waals surface area contributed by atoms with Crippen molar-refractivity contribution >= 4 is 33.2 Å². The number of hydrogen-bond donors (Lipinski definition) is 0. The van der Waals surface area contributed by atoms with E-state index >= 15 is 0 Å². The van der Waals surface area contributed by atoms with Crippen LogP contribution in [0.25, 0.3) is 0 Å². The Balaban J connectivity index is 3.11. The van der Waals surface area contributed by atoms with Gasteiger partial charge in [0.25, 0.3) is 0 Å². The van der Waals surface area contributed by atoms with Crippen LogP contribution >= 0.6 is 7.82 Å². The summed E-state index contributed by atoms with van der Waals surface area (Å²) in [5.74, 6) is -0.291. The van der Waals surface area contributed by atoms with Gasteiger partial charge in [-0.2, -0.15) is 0 Å². The molecule has 0 saturated carbocycles. The van der Waals surface area contributed by atoms with Crippen molar-refractivity contribution in [2.75, 3.05) is 19.8 Å². The zero-order chi connectivity index (χ0) is 18.0. The summed E-state index contributed by atoms with van der Waals surface area (Å²) in [4.78, 5) is 12.3. The van der Waals surface area contributed by atoms with Gasteiger partial charge in [0.15, 0.2) is 0 Å². The molecule has 0 radical (unpaired) electrons. The monoisotopic (exact) mass is 422 g/mol. The van der Waals surface area contributed by atoms with Crippen molar-refractivity contribution in [1.29, 1.82) is 0 Å². The Hall–Kier alpha value is -1.10. The van der Waals surface area contributed by atoms with Crippen LogP contribution in [0.2, 0.25) is 0 Å². The van der Waals surface area contributed by atoms with Crippen LogP contribution < -0.4 is 4.46 Å². The van der Waals surface area contributed by atoms with Gasteiger partial charge in [0.2, 0.25) is 0 Å². The van der Waals surface area contributed by atoms with E-state index in [1.807, 2.05) is 30.3 Å².